The van der Waals surface area contributed by atoms with Crippen LogP contribution in [0, 0.1) is 5.92 Å². The first kappa shape index (κ1) is 16.2. The van der Waals surface area contributed by atoms with Gasteiger partial charge >= 0.3 is 0 Å². The largest absolute Gasteiger partial charge is 0.345 e. The van der Waals surface area contributed by atoms with Gasteiger partial charge in [0, 0.05) is 12.1 Å². The number of piperidine rings is 1. The molecule has 1 heterocycles. The number of Topliss-reactive ketones (excluding diaryl/α,β-unsaturated/α-hetero) is 1. The van der Waals surface area contributed by atoms with Gasteiger partial charge in [-0.15, -0.1) is 0 Å². The monoisotopic (exact) mass is 268 g/mol. The standard InChI is InChI=1S/C15H28N2O2/c1-10(2)15(13(5)18)16-14(19)9-17-11(3)7-6-8-12(17)4/h10-12,15H,6-9H2,1-5H3,(H,16,19). The molecule has 0 aromatic carbocycles. The topological polar surface area (TPSA) is 49.4 Å². The Labute approximate surface area is 116 Å². The van der Waals surface area contributed by atoms with Gasteiger partial charge in [0.05, 0.1) is 12.6 Å². The van der Waals surface area contributed by atoms with Crippen molar-refractivity contribution >= 4 is 11.7 Å². The Balaban J connectivity index is 2.56. The number of hydrogen-bond acceptors (Lipinski definition) is 3. The van der Waals surface area contributed by atoms with Crippen LogP contribution in [0.1, 0.15) is 53.9 Å². The van der Waals surface area contributed by atoms with E-state index in [0.29, 0.717) is 18.6 Å². The molecule has 3 atom stereocenters. The van der Waals surface area contributed by atoms with E-state index in [2.05, 4.69) is 24.1 Å². The first-order valence-corrected chi connectivity index (χ1v) is 7.38. The molecule has 3 unspecified atom stereocenters. The van der Waals surface area contributed by atoms with Crippen LogP contribution in [0.5, 0.6) is 0 Å². The maximum atomic E-state index is 12.1. The molecule has 0 bridgehead atoms. The summed E-state index contributed by atoms with van der Waals surface area (Å²) in [6.07, 6.45) is 3.54. The van der Waals surface area contributed by atoms with Crippen LogP contribution in [0.4, 0.5) is 0 Å². The smallest absolute Gasteiger partial charge is 0.234 e. The second-order valence-corrected chi connectivity index (χ2v) is 6.20. The number of carbonyl (C=O) groups is 2. The second kappa shape index (κ2) is 7.04. The molecule has 1 fully saturated rings. The van der Waals surface area contributed by atoms with Crippen molar-refractivity contribution in [1.82, 2.24) is 10.2 Å². The summed E-state index contributed by atoms with van der Waals surface area (Å²) < 4.78 is 0. The molecule has 1 aliphatic rings. The predicted octanol–water partition coefficient (Wildman–Crippen LogP) is 1.98. The molecule has 0 radical (unpaired) electrons. The van der Waals surface area contributed by atoms with Crippen LogP contribution in [0.25, 0.3) is 0 Å². The third-order valence-electron chi connectivity index (χ3n) is 4.12. The molecule has 0 spiro atoms. The van der Waals surface area contributed by atoms with Crippen LogP contribution in [0.15, 0.2) is 0 Å². The molecule has 0 aliphatic carbocycles. The van der Waals surface area contributed by atoms with E-state index >= 15 is 0 Å². The fraction of sp³-hybridized carbons (Fsp3) is 0.867. The lowest BCUT2D eigenvalue weighted by Crippen LogP contribution is -2.52. The Morgan fingerprint density at radius 1 is 1.21 bits per heavy atom. The van der Waals surface area contributed by atoms with Crippen molar-refractivity contribution in [1.29, 1.82) is 0 Å². The quantitative estimate of drug-likeness (QED) is 0.829. The molecule has 1 aliphatic heterocycles. The first-order chi connectivity index (χ1) is 8.82. The van der Waals surface area contributed by atoms with E-state index in [1.165, 1.54) is 13.3 Å². The van der Waals surface area contributed by atoms with Crippen LogP contribution < -0.4 is 5.32 Å². The summed E-state index contributed by atoms with van der Waals surface area (Å²) >= 11 is 0. The third kappa shape index (κ3) is 4.60. The zero-order valence-corrected chi connectivity index (χ0v) is 12.9. The van der Waals surface area contributed by atoms with Crippen molar-refractivity contribution in [3.63, 3.8) is 0 Å². The van der Waals surface area contributed by atoms with Gasteiger partial charge in [-0.2, -0.15) is 0 Å². The number of ketones is 1. The molecule has 0 aromatic rings. The fourth-order valence-corrected chi connectivity index (χ4v) is 2.91. The van der Waals surface area contributed by atoms with E-state index in [9.17, 15) is 9.59 Å². The highest BCUT2D eigenvalue weighted by molar-refractivity contribution is 5.88. The molecular formula is C15H28N2O2. The Hall–Kier alpha value is -0.900. The summed E-state index contributed by atoms with van der Waals surface area (Å²) in [4.78, 5) is 25.9. The molecule has 1 N–H and O–H groups in total. The average Bonchev–Trinajstić information content (AvgIpc) is 2.30. The zero-order valence-electron chi connectivity index (χ0n) is 12.9. The van der Waals surface area contributed by atoms with Crippen molar-refractivity contribution in [2.24, 2.45) is 5.92 Å². The summed E-state index contributed by atoms with van der Waals surface area (Å²) in [7, 11) is 0. The average molecular weight is 268 g/mol. The Bertz CT molecular complexity index is 318. The van der Waals surface area contributed by atoms with Crippen molar-refractivity contribution in [3.05, 3.63) is 0 Å². The number of carbonyl (C=O) groups excluding carboxylic acids is 2. The Kier molecular flexibility index (Phi) is 5.98. The SMILES string of the molecule is CC(=O)C(NC(=O)CN1C(C)CCCC1C)C(C)C. The lowest BCUT2D eigenvalue weighted by atomic mass is 9.97. The van der Waals surface area contributed by atoms with E-state index in [0.717, 1.165) is 12.8 Å². The van der Waals surface area contributed by atoms with E-state index in [4.69, 9.17) is 0 Å². The number of rotatable bonds is 5. The van der Waals surface area contributed by atoms with Gasteiger partial charge in [-0.25, -0.2) is 0 Å². The lowest BCUT2D eigenvalue weighted by molar-refractivity contribution is -0.129. The minimum Gasteiger partial charge on any atom is -0.345 e. The minimum absolute atomic E-state index is 0.0306. The van der Waals surface area contributed by atoms with E-state index in [-0.39, 0.29) is 23.7 Å². The predicted molar refractivity (Wildman–Crippen MR) is 76.9 cm³/mol. The number of likely N-dealkylation sites (tertiary alicyclic amines) is 1. The van der Waals surface area contributed by atoms with E-state index < -0.39 is 0 Å². The fourth-order valence-electron chi connectivity index (χ4n) is 2.91. The highest BCUT2D eigenvalue weighted by Gasteiger charge is 2.28. The van der Waals surface area contributed by atoms with Crippen LogP contribution in [-0.2, 0) is 9.59 Å². The number of nitrogens with one attached hydrogen (secondary N) is 1. The maximum Gasteiger partial charge on any atom is 0.234 e. The molecule has 110 valence electrons. The highest BCUT2D eigenvalue weighted by atomic mass is 16.2. The maximum absolute atomic E-state index is 12.1. The van der Waals surface area contributed by atoms with Gasteiger partial charge in [0.25, 0.3) is 0 Å². The van der Waals surface area contributed by atoms with Crippen LogP contribution in [-0.4, -0.2) is 41.3 Å². The summed E-state index contributed by atoms with van der Waals surface area (Å²) in [5.74, 6) is 0.134. The molecule has 4 nitrogen and oxygen atoms in total. The molecule has 1 saturated heterocycles. The van der Waals surface area contributed by atoms with Gasteiger partial charge < -0.3 is 5.32 Å². The summed E-state index contributed by atoms with van der Waals surface area (Å²) in [6, 6.07) is 0.538. The second-order valence-electron chi connectivity index (χ2n) is 6.20. The molecule has 0 aromatic heterocycles. The highest BCUT2D eigenvalue weighted by Crippen LogP contribution is 2.21. The molecule has 1 amide bonds. The van der Waals surface area contributed by atoms with Gasteiger partial charge in [-0.05, 0) is 39.5 Å². The summed E-state index contributed by atoms with van der Waals surface area (Å²) in [5.41, 5.74) is 0. The molecule has 1 rings (SSSR count). The summed E-state index contributed by atoms with van der Waals surface area (Å²) in [6.45, 7) is 10.2. The van der Waals surface area contributed by atoms with Crippen molar-refractivity contribution in [2.45, 2.75) is 72.0 Å². The van der Waals surface area contributed by atoms with Gasteiger partial charge in [-0.1, -0.05) is 20.3 Å². The Morgan fingerprint density at radius 2 is 1.74 bits per heavy atom. The number of hydrogen-bond donors (Lipinski definition) is 1. The number of nitrogens with zero attached hydrogens (tertiary/aromatic N) is 1. The lowest BCUT2D eigenvalue weighted by Gasteiger charge is -2.38. The molecule has 19 heavy (non-hydrogen) atoms. The normalized spacial score (nSPS) is 26.2. The van der Waals surface area contributed by atoms with Crippen molar-refractivity contribution in [3.8, 4) is 0 Å². The molecular weight excluding hydrogens is 240 g/mol. The van der Waals surface area contributed by atoms with Gasteiger partial charge in [0.15, 0.2) is 5.78 Å². The minimum atomic E-state index is -0.358. The Morgan fingerprint density at radius 3 is 2.16 bits per heavy atom. The molecule has 0 saturated carbocycles. The van der Waals surface area contributed by atoms with Gasteiger partial charge in [0.2, 0.25) is 5.91 Å². The third-order valence-corrected chi connectivity index (χ3v) is 4.12. The van der Waals surface area contributed by atoms with Crippen LogP contribution in [0.2, 0.25) is 0 Å². The van der Waals surface area contributed by atoms with Gasteiger partial charge in [-0.3, -0.25) is 14.5 Å². The van der Waals surface area contributed by atoms with Gasteiger partial charge in [0.1, 0.15) is 0 Å². The first-order valence-electron chi connectivity index (χ1n) is 7.38. The summed E-state index contributed by atoms with van der Waals surface area (Å²) in [5, 5.41) is 2.87. The number of amides is 1. The van der Waals surface area contributed by atoms with Crippen LogP contribution in [0.3, 0.4) is 0 Å². The van der Waals surface area contributed by atoms with Crippen molar-refractivity contribution < 1.29 is 9.59 Å². The zero-order chi connectivity index (χ0) is 14.6. The van der Waals surface area contributed by atoms with E-state index in [1.807, 2.05) is 13.8 Å². The van der Waals surface area contributed by atoms with E-state index in [1.54, 1.807) is 0 Å². The van der Waals surface area contributed by atoms with Crippen molar-refractivity contribution in [2.75, 3.05) is 6.54 Å². The van der Waals surface area contributed by atoms with Crippen LogP contribution >= 0.6 is 0 Å². The molecule has 4 heteroatoms.